The van der Waals surface area contributed by atoms with E-state index < -0.39 is 0 Å². The molecule has 0 aliphatic heterocycles. The van der Waals surface area contributed by atoms with Crippen molar-refractivity contribution in [2.75, 3.05) is 0 Å². The summed E-state index contributed by atoms with van der Waals surface area (Å²) in [5.74, 6) is -0.356. The van der Waals surface area contributed by atoms with Crippen LogP contribution in [-0.2, 0) is 15.4 Å². The molecule has 0 fully saturated rings. The maximum Gasteiger partial charge on any atom is 0.322 e. The Morgan fingerprint density at radius 2 is 1.92 bits per heavy atom. The Hall–Kier alpha value is -0.610. The smallest absolute Gasteiger partial charge is 0.322 e. The normalized spacial score (nSPS) is 9.50. The summed E-state index contributed by atoms with van der Waals surface area (Å²) in [4.78, 5) is 11.6. The third kappa shape index (κ3) is 2.79. The van der Waals surface area contributed by atoms with Gasteiger partial charge in [0.15, 0.2) is 0 Å². The highest BCUT2D eigenvalue weighted by molar-refractivity contribution is 7.80. The van der Waals surface area contributed by atoms with E-state index in [1.165, 1.54) is 0 Å². The van der Waals surface area contributed by atoms with Crippen molar-refractivity contribution in [1.82, 2.24) is 0 Å². The predicted octanol–water partition coefficient (Wildman–Crippen LogP) is 1.91. The van der Waals surface area contributed by atoms with Gasteiger partial charge in [-0.2, -0.15) is 0 Å². The summed E-state index contributed by atoms with van der Waals surface area (Å²) in [6, 6.07) is 7.30. The predicted molar refractivity (Wildman–Crippen MR) is 52.5 cm³/mol. The zero-order valence-corrected chi connectivity index (χ0v) is 8.02. The summed E-state index contributed by atoms with van der Waals surface area (Å²) in [5, 5.41) is 0. The molecule has 0 heterocycles. The number of carbonyl (C=O) groups excluding carboxylic acids is 1. The lowest BCUT2D eigenvalue weighted by molar-refractivity contribution is -0.132. The van der Waals surface area contributed by atoms with Gasteiger partial charge in [-0.3, -0.25) is 4.79 Å². The molecule has 2 nitrogen and oxygen atoms in total. The lowest BCUT2D eigenvalue weighted by Crippen LogP contribution is -2.01. The van der Waals surface area contributed by atoms with E-state index in [1.54, 1.807) is 0 Å². The fourth-order valence-electron chi connectivity index (χ4n) is 0.813. The van der Waals surface area contributed by atoms with Crippen molar-refractivity contribution < 1.29 is 8.98 Å². The Kier molecular flexibility index (Phi) is 3.49. The third-order valence-electron chi connectivity index (χ3n) is 1.39. The average Bonchev–Trinajstić information content (AvgIpc) is 2.09. The highest BCUT2D eigenvalue weighted by Gasteiger charge is 2.01. The second kappa shape index (κ2) is 4.42. The first-order valence-corrected chi connectivity index (χ1v) is 4.16. The van der Waals surface area contributed by atoms with Gasteiger partial charge in [0.05, 0.1) is 6.42 Å². The molecular weight excluding hydrogens is 192 g/mol. The topological polar surface area (TPSA) is 26.3 Å². The maximum atomic E-state index is 10.7. The van der Waals surface area contributed by atoms with Crippen LogP contribution in [0.3, 0.4) is 0 Å². The molecule has 0 N–H and O–H groups in total. The molecule has 0 bridgehead atoms. The maximum absolute atomic E-state index is 10.7. The molecule has 0 atom stereocenters. The Balaban J connectivity index is 2.64. The molecule has 12 heavy (non-hydrogen) atoms. The van der Waals surface area contributed by atoms with E-state index in [4.69, 9.17) is 0 Å². The van der Waals surface area contributed by atoms with Gasteiger partial charge in [0.25, 0.3) is 0 Å². The average molecular weight is 200 g/mol. The highest BCUT2D eigenvalue weighted by atomic mass is 32.1. The van der Waals surface area contributed by atoms with Crippen LogP contribution < -0.4 is 0 Å². The molecule has 0 aliphatic carbocycles. The van der Waals surface area contributed by atoms with Crippen LogP contribution in [0.2, 0.25) is 0 Å². The molecule has 64 valence electrons. The number of hydrogen-bond donors (Lipinski definition) is 2. The number of thiol groups is 2. The minimum Gasteiger partial charge on any atom is -0.394 e. The standard InChI is InChI=1S/C8H8O2S2/c9-8(10-12)5-6-1-3-7(11)4-2-6/h1-4,11-12H,5H2. The van der Waals surface area contributed by atoms with E-state index in [9.17, 15) is 4.79 Å². The molecule has 0 saturated heterocycles. The summed E-state index contributed by atoms with van der Waals surface area (Å²) < 4.78 is 4.22. The van der Waals surface area contributed by atoms with E-state index in [2.05, 4.69) is 29.7 Å². The van der Waals surface area contributed by atoms with Crippen molar-refractivity contribution in [1.29, 1.82) is 0 Å². The molecule has 1 aromatic carbocycles. The van der Waals surface area contributed by atoms with Crippen LogP contribution in [0.4, 0.5) is 0 Å². The van der Waals surface area contributed by atoms with Gasteiger partial charge in [-0.05, 0) is 17.7 Å². The van der Waals surface area contributed by atoms with Crippen LogP contribution in [0.25, 0.3) is 0 Å². The highest BCUT2D eigenvalue weighted by Crippen LogP contribution is 2.08. The van der Waals surface area contributed by atoms with Crippen LogP contribution in [0, 0.1) is 0 Å². The fourth-order valence-corrected chi connectivity index (χ4v) is 1.03. The van der Waals surface area contributed by atoms with Crippen molar-refractivity contribution in [2.45, 2.75) is 11.3 Å². The number of benzene rings is 1. The molecule has 0 amide bonds. The van der Waals surface area contributed by atoms with Crippen LogP contribution in [-0.4, -0.2) is 5.97 Å². The van der Waals surface area contributed by atoms with Crippen molar-refractivity contribution in [3.05, 3.63) is 29.8 Å². The van der Waals surface area contributed by atoms with Gasteiger partial charge < -0.3 is 4.18 Å². The van der Waals surface area contributed by atoms with Gasteiger partial charge in [-0.15, -0.1) is 12.6 Å². The second-order valence-corrected chi connectivity index (χ2v) is 3.01. The van der Waals surface area contributed by atoms with Gasteiger partial charge in [-0.25, -0.2) is 0 Å². The SMILES string of the molecule is O=C(Cc1ccc(S)cc1)OS. The molecule has 4 heteroatoms. The van der Waals surface area contributed by atoms with E-state index in [0.29, 0.717) is 0 Å². The monoisotopic (exact) mass is 200 g/mol. The van der Waals surface area contributed by atoms with E-state index in [0.717, 1.165) is 10.5 Å². The van der Waals surface area contributed by atoms with Crippen molar-refractivity contribution >= 4 is 31.5 Å². The molecule has 1 rings (SSSR count). The van der Waals surface area contributed by atoms with Gasteiger partial charge in [0.1, 0.15) is 0 Å². The third-order valence-corrected chi connectivity index (χ3v) is 1.89. The molecule has 0 radical (unpaired) electrons. The number of carbonyl (C=O) groups is 1. The van der Waals surface area contributed by atoms with E-state index in [-0.39, 0.29) is 12.4 Å². The molecular formula is C8H8O2S2. The van der Waals surface area contributed by atoms with Crippen molar-refractivity contribution in [3.8, 4) is 0 Å². The lowest BCUT2D eigenvalue weighted by Gasteiger charge is -1.98. The number of rotatable bonds is 2. The lowest BCUT2D eigenvalue weighted by atomic mass is 10.2. The Labute approximate surface area is 82.0 Å². The van der Waals surface area contributed by atoms with Crippen LogP contribution in [0.5, 0.6) is 0 Å². The van der Waals surface area contributed by atoms with Gasteiger partial charge in [-0.1, -0.05) is 12.1 Å². The van der Waals surface area contributed by atoms with Gasteiger partial charge in [0, 0.05) is 17.8 Å². The summed E-state index contributed by atoms with van der Waals surface area (Å²) in [6.45, 7) is 0. The fraction of sp³-hybridized carbons (Fsp3) is 0.125. The first kappa shape index (κ1) is 9.48. The Bertz CT molecular complexity index is 269. The minimum atomic E-state index is -0.356. The first-order chi connectivity index (χ1) is 5.72. The van der Waals surface area contributed by atoms with Crippen LogP contribution >= 0.6 is 25.5 Å². The van der Waals surface area contributed by atoms with Crippen LogP contribution in [0.15, 0.2) is 29.2 Å². The zero-order chi connectivity index (χ0) is 8.97. The largest absolute Gasteiger partial charge is 0.394 e. The van der Waals surface area contributed by atoms with E-state index in [1.807, 2.05) is 24.3 Å². The molecule has 0 aliphatic rings. The summed E-state index contributed by atoms with van der Waals surface area (Å²) >= 11 is 7.52. The molecule has 0 aromatic heterocycles. The van der Waals surface area contributed by atoms with Crippen molar-refractivity contribution in [2.24, 2.45) is 0 Å². The quantitative estimate of drug-likeness (QED) is 0.563. The van der Waals surface area contributed by atoms with Crippen LogP contribution in [0.1, 0.15) is 5.56 Å². The summed E-state index contributed by atoms with van der Waals surface area (Å²) in [7, 11) is 0. The molecule has 0 spiro atoms. The first-order valence-electron chi connectivity index (χ1n) is 3.34. The van der Waals surface area contributed by atoms with Gasteiger partial charge in [0.2, 0.25) is 0 Å². The Morgan fingerprint density at radius 3 is 2.42 bits per heavy atom. The molecule has 0 saturated carbocycles. The van der Waals surface area contributed by atoms with Crippen molar-refractivity contribution in [3.63, 3.8) is 0 Å². The number of hydrogen-bond acceptors (Lipinski definition) is 4. The Morgan fingerprint density at radius 1 is 1.33 bits per heavy atom. The molecule has 1 aromatic rings. The summed E-state index contributed by atoms with van der Waals surface area (Å²) in [6.07, 6.45) is 0.248. The zero-order valence-electron chi connectivity index (χ0n) is 6.23. The van der Waals surface area contributed by atoms with E-state index >= 15 is 0 Å². The van der Waals surface area contributed by atoms with Gasteiger partial charge >= 0.3 is 5.97 Å². The second-order valence-electron chi connectivity index (χ2n) is 2.31. The molecule has 0 unspecified atom stereocenters. The minimum absolute atomic E-state index is 0.248. The summed E-state index contributed by atoms with van der Waals surface area (Å²) in [5.41, 5.74) is 0.895.